The van der Waals surface area contributed by atoms with Crippen LogP contribution in [0.3, 0.4) is 0 Å². The van der Waals surface area contributed by atoms with Gasteiger partial charge in [-0.15, -0.1) is 0 Å². The van der Waals surface area contributed by atoms with Gasteiger partial charge in [0, 0.05) is 18.9 Å². The topological polar surface area (TPSA) is 20.3 Å². The maximum Gasteiger partial charge on any atom is 0.255 e. The quantitative estimate of drug-likeness (QED) is 0.539. The van der Waals surface area contributed by atoms with Gasteiger partial charge in [0.2, 0.25) is 0 Å². The summed E-state index contributed by atoms with van der Waals surface area (Å²) in [5.41, 5.74) is 0.465. The van der Waals surface area contributed by atoms with Gasteiger partial charge in [0.05, 0.1) is 15.6 Å². The lowest BCUT2D eigenvalue weighted by Gasteiger charge is -2.18. The van der Waals surface area contributed by atoms with Crippen LogP contribution in [-0.2, 0) is 0 Å². The Balaban J connectivity index is 2.60. The van der Waals surface area contributed by atoms with Gasteiger partial charge >= 0.3 is 0 Å². The second-order valence-electron chi connectivity index (χ2n) is 4.08. The molecule has 0 saturated carbocycles. The third-order valence-electron chi connectivity index (χ3n) is 2.66. The molecule has 0 unspecified atom stereocenters. The summed E-state index contributed by atoms with van der Waals surface area (Å²) in [6, 6.07) is 5.11. The van der Waals surface area contributed by atoms with Crippen molar-refractivity contribution >= 4 is 45.0 Å². The van der Waals surface area contributed by atoms with Gasteiger partial charge in [0.1, 0.15) is 0 Å². The summed E-state index contributed by atoms with van der Waals surface area (Å²) in [6.45, 7) is 0.731. The molecular weight excluding hydrogens is 337 g/mol. The number of unbranched alkanes of at least 4 members (excludes halogenated alkanes) is 2. The molecular formula is C13H16BrCl2NO. The lowest BCUT2D eigenvalue weighted by atomic mass is 10.2. The highest BCUT2D eigenvalue weighted by molar-refractivity contribution is 9.09. The SMILES string of the molecule is CN(CCCCCBr)C(=O)c1cccc(Cl)c1Cl. The van der Waals surface area contributed by atoms with Crippen molar-refractivity contribution in [3.63, 3.8) is 0 Å². The van der Waals surface area contributed by atoms with Crippen LogP contribution >= 0.6 is 39.1 Å². The third-order valence-corrected chi connectivity index (χ3v) is 4.04. The maximum atomic E-state index is 12.2. The minimum absolute atomic E-state index is 0.0821. The fourth-order valence-electron chi connectivity index (χ4n) is 1.60. The van der Waals surface area contributed by atoms with E-state index >= 15 is 0 Å². The van der Waals surface area contributed by atoms with E-state index in [2.05, 4.69) is 15.9 Å². The van der Waals surface area contributed by atoms with Crippen molar-refractivity contribution in [1.29, 1.82) is 0 Å². The van der Waals surface area contributed by atoms with Crippen molar-refractivity contribution in [3.05, 3.63) is 33.8 Å². The Bertz CT molecular complexity index is 412. The highest BCUT2D eigenvalue weighted by atomic mass is 79.9. The van der Waals surface area contributed by atoms with E-state index in [0.29, 0.717) is 15.6 Å². The number of rotatable bonds is 6. The summed E-state index contributed by atoms with van der Waals surface area (Å²) in [5, 5.41) is 1.75. The summed E-state index contributed by atoms with van der Waals surface area (Å²) >= 11 is 15.3. The van der Waals surface area contributed by atoms with Crippen LogP contribution < -0.4 is 0 Å². The van der Waals surface area contributed by atoms with Crippen LogP contribution in [0, 0.1) is 0 Å². The molecule has 2 nitrogen and oxygen atoms in total. The normalized spacial score (nSPS) is 10.4. The first-order chi connectivity index (χ1) is 8.57. The number of hydrogen-bond donors (Lipinski definition) is 0. The number of halogens is 3. The third kappa shape index (κ3) is 4.45. The average molecular weight is 353 g/mol. The van der Waals surface area contributed by atoms with E-state index < -0.39 is 0 Å². The second kappa shape index (κ2) is 8.03. The van der Waals surface area contributed by atoms with Crippen LogP contribution in [0.5, 0.6) is 0 Å². The van der Waals surface area contributed by atoms with Crippen LogP contribution in [-0.4, -0.2) is 29.7 Å². The second-order valence-corrected chi connectivity index (χ2v) is 5.66. The van der Waals surface area contributed by atoms with Gasteiger partial charge in [0.25, 0.3) is 5.91 Å². The molecule has 0 aromatic heterocycles. The minimum Gasteiger partial charge on any atom is -0.342 e. The van der Waals surface area contributed by atoms with Crippen LogP contribution in [0.15, 0.2) is 18.2 Å². The Morgan fingerprint density at radius 2 is 2.00 bits per heavy atom. The number of amides is 1. The van der Waals surface area contributed by atoms with Gasteiger partial charge in [-0.25, -0.2) is 0 Å². The first-order valence-corrected chi connectivity index (χ1v) is 7.71. The van der Waals surface area contributed by atoms with Gasteiger partial charge in [-0.3, -0.25) is 4.79 Å². The maximum absolute atomic E-state index is 12.2. The van der Waals surface area contributed by atoms with Crippen LogP contribution in [0.1, 0.15) is 29.6 Å². The molecule has 100 valence electrons. The number of benzene rings is 1. The molecule has 0 saturated heterocycles. The van der Waals surface area contributed by atoms with Gasteiger partial charge in [0.15, 0.2) is 0 Å². The lowest BCUT2D eigenvalue weighted by Crippen LogP contribution is -2.28. The van der Waals surface area contributed by atoms with Gasteiger partial charge in [-0.2, -0.15) is 0 Å². The van der Waals surface area contributed by atoms with Crippen molar-refractivity contribution in [2.75, 3.05) is 18.9 Å². The van der Waals surface area contributed by atoms with Gasteiger partial charge in [-0.05, 0) is 25.0 Å². The molecule has 0 atom stereocenters. The first-order valence-electron chi connectivity index (χ1n) is 5.83. The molecule has 1 aromatic rings. The van der Waals surface area contributed by atoms with E-state index in [1.54, 1.807) is 30.1 Å². The standard InChI is InChI=1S/C13H16BrCl2NO/c1-17(9-4-2-3-8-14)13(18)10-6-5-7-11(15)12(10)16/h5-7H,2-4,8-9H2,1H3. The summed E-state index contributed by atoms with van der Waals surface area (Å²) in [6.07, 6.45) is 3.22. The molecule has 0 aliphatic heterocycles. The van der Waals surface area contributed by atoms with Crippen LogP contribution in [0.4, 0.5) is 0 Å². The molecule has 5 heteroatoms. The number of nitrogens with zero attached hydrogens (tertiary/aromatic N) is 1. The van der Waals surface area contributed by atoms with E-state index in [0.717, 1.165) is 31.1 Å². The minimum atomic E-state index is -0.0821. The smallest absolute Gasteiger partial charge is 0.255 e. The predicted octanol–water partition coefficient (Wildman–Crippen LogP) is 4.63. The highest BCUT2D eigenvalue weighted by Gasteiger charge is 2.16. The fourth-order valence-corrected chi connectivity index (χ4v) is 2.37. The zero-order valence-electron chi connectivity index (χ0n) is 10.3. The van der Waals surface area contributed by atoms with E-state index in [1.165, 1.54) is 0 Å². The van der Waals surface area contributed by atoms with Crippen molar-refractivity contribution in [2.24, 2.45) is 0 Å². The molecule has 1 amide bonds. The Labute approximate surface area is 126 Å². The molecule has 1 rings (SSSR count). The van der Waals surface area contributed by atoms with Crippen LogP contribution in [0.2, 0.25) is 10.0 Å². The largest absolute Gasteiger partial charge is 0.342 e. The highest BCUT2D eigenvalue weighted by Crippen LogP contribution is 2.26. The molecule has 0 heterocycles. The summed E-state index contributed by atoms with van der Waals surface area (Å²) in [4.78, 5) is 13.8. The Morgan fingerprint density at radius 1 is 1.28 bits per heavy atom. The van der Waals surface area contributed by atoms with Crippen LogP contribution in [0.25, 0.3) is 0 Å². The van der Waals surface area contributed by atoms with E-state index in [4.69, 9.17) is 23.2 Å². The Morgan fingerprint density at radius 3 is 2.67 bits per heavy atom. The monoisotopic (exact) mass is 351 g/mol. The van der Waals surface area contributed by atoms with Crippen molar-refractivity contribution < 1.29 is 4.79 Å². The number of carbonyl (C=O) groups is 1. The Hall–Kier alpha value is -0.250. The molecule has 0 radical (unpaired) electrons. The van der Waals surface area contributed by atoms with Gasteiger partial charge < -0.3 is 4.90 Å². The average Bonchev–Trinajstić information content (AvgIpc) is 2.37. The van der Waals surface area contributed by atoms with Crippen molar-refractivity contribution in [3.8, 4) is 0 Å². The molecule has 0 spiro atoms. The number of hydrogen-bond acceptors (Lipinski definition) is 1. The fraction of sp³-hybridized carbons (Fsp3) is 0.462. The molecule has 0 aliphatic carbocycles. The Kier molecular flexibility index (Phi) is 7.05. The first kappa shape index (κ1) is 15.8. The number of alkyl halides is 1. The zero-order valence-corrected chi connectivity index (χ0v) is 13.4. The summed E-state index contributed by atoms with van der Waals surface area (Å²) in [5.74, 6) is -0.0821. The summed E-state index contributed by atoms with van der Waals surface area (Å²) in [7, 11) is 1.79. The summed E-state index contributed by atoms with van der Waals surface area (Å²) < 4.78 is 0. The van der Waals surface area contributed by atoms with Gasteiger partial charge in [-0.1, -0.05) is 51.6 Å². The number of carbonyl (C=O) groups excluding carboxylic acids is 1. The van der Waals surface area contributed by atoms with E-state index in [1.807, 2.05) is 0 Å². The molecule has 0 fully saturated rings. The van der Waals surface area contributed by atoms with E-state index in [-0.39, 0.29) is 5.91 Å². The molecule has 18 heavy (non-hydrogen) atoms. The molecule has 1 aromatic carbocycles. The molecule has 0 N–H and O–H groups in total. The molecule has 0 bridgehead atoms. The van der Waals surface area contributed by atoms with Crippen molar-refractivity contribution in [2.45, 2.75) is 19.3 Å². The predicted molar refractivity (Wildman–Crippen MR) is 81.1 cm³/mol. The zero-order chi connectivity index (χ0) is 13.5. The van der Waals surface area contributed by atoms with E-state index in [9.17, 15) is 4.79 Å². The lowest BCUT2D eigenvalue weighted by molar-refractivity contribution is 0.0793. The molecule has 0 aliphatic rings. The van der Waals surface area contributed by atoms with Crippen molar-refractivity contribution in [1.82, 2.24) is 4.90 Å².